The van der Waals surface area contributed by atoms with E-state index in [-0.39, 0.29) is 5.41 Å². The maximum atomic E-state index is 6.35. The number of hydrogen-bond acceptors (Lipinski definition) is 4. The topological polar surface area (TPSA) is 39.7 Å². The van der Waals surface area contributed by atoms with E-state index in [4.69, 9.17) is 14.2 Å². The van der Waals surface area contributed by atoms with Crippen molar-refractivity contribution in [1.82, 2.24) is 5.32 Å². The number of hydrogen-bond donors (Lipinski definition) is 1. The molecule has 148 valence electrons. The van der Waals surface area contributed by atoms with E-state index in [2.05, 4.69) is 30.1 Å². The van der Waals surface area contributed by atoms with Crippen LogP contribution in [-0.2, 0) is 21.3 Å². The van der Waals surface area contributed by atoms with Gasteiger partial charge >= 0.3 is 0 Å². The fourth-order valence-electron chi connectivity index (χ4n) is 5.21. The van der Waals surface area contributed by atoms with Crippen molar-refractivity contribution in [1.29, 1.82) is 0 Å². The number of allylic oxidation sites excluding steroid dienone is 1. The third-order valence-electron chi connectivity index (χ3n) is 6.92. The zero-order valence-corrected chi connectivity index (χ0v) is 16.6. The van der Waals surface area contributed by atoms with Crippen molar-refractivity contribution in [3.05, 3.63) is 42.0 Å². The Hall–Kier alpha value is -1.36. The van der Waals surface area contributed by atoms with Crippen LogP contribution in [0.4, 0.5) is 0 Å². The van der Waals surface area contributed by atoms with E-state index in [1.807, 2.05) is 6.08 Å². The Morgan fingerprint density at radius 2 is 2.11 bits per heavy atom. The Labute approximate surface area is 163 Å². The molecule has 2 aliphatic carbocycles. The van der Waals surface area contributed by atoms with Crippen LogP contribution in [0, 0.1) is 5.92 Å². The molecule has 3 aliphatic rings. The summed E-state index contributed by atoms with van der Waals surface area (Å²) in [5.74, 6) is 1.23. The second kappa shape index (κ2) is 7.94. The highest BCUT2D eigenvalue weighted by molar-refractivity contribution is 5.45. The highest BCUT2D eigenvalue weighted by Gasteiger charge is 2.58. The molecule has 1 unspecified atom stereocenters. The maximum absolute atomic E-state index is 6.35. The fraction of sp³-hybridized carbons (Fsp3) is 0.652. The Bertz CT molecular complexity index is 664. The van der Waals surface area contributed by atoms with E-state index in [0.29, 0.717) is 13.2 Å². The van der Waals surface area contributed by atoms with E-state index in [0.717, 1.165) is 50.4 Å². The number of ether oxygens (including phenoxy) is 3. The van der Waals surface area contributed by atoms with E-state index < -0.39 is 5.79 Å². The summed E-state index contributed by atoms with van der Waals surface area (Å²) in [5.41, 5.74) is 2.49. The van der Waals surface area contributed by atoms with Gasteiger partial charge in [-0.1, -0.05) is 18.6 Å². The summed E-state index contributed by atoms with van der Waals surface area (Å²) in [7, 11) is 1.73. The first-order valence-corrected chi connectivity index (χ1v) is 10.5. The first-order valence-electron chi connectivity index (χ1n) is 10.5. The van der Waals surface area contributed by atoms with E-state index >= 15 is 0 Å². The van der Waals surface area contributed by atoms with Crippen LogP contribution in [0.1, 0.15) is 49.7 Å². The summed E-state index contributed by atoms with van der Waals surface area (Å²) in [6.07, 6.45) is 9.89. The van der Waals surface area contributed by atoms with Crippen LogP contribution < -0.4 is 10.1 Å². The minimum Gasteiger partial charge on any atom is -0.497 e. The molecule has 1 aliphatic heterocycles. The first kappa shape index (κ1) is 19.0. The van der Waals surface area contributed by atoms with E-state index in [1.54, 1.807) is 7.11 Å². The van der Waals surface area contributed by atoms with Gasteiger partial charge in [0.25, 0.3) is 0 Å². The number of aryl methyl sites for hydroxylation is 1. The molecule has 27 heavy (non-hydrogen) atoms. The fourth-order valence-corrected chi connectivity index (χ4v) is 5.21. The van der Waals surface area contributed by atoms with Gasteiger partial charge in [-0.3, -0.25) is 0 Å². The standard InChI is InChI=1S/C23H33NO3/c1-3-10-22(12-13-24-17-18-5-4-6-18)21-16-20(25-2)8-7-19(21)9-11-23(22)26-14-15-27-23/h3,7-8,16,18,24H,1,4-6,9-15,17H2,2H3. The molecule has 1 spiro atoms. The lowest BCUT2D eigenvalue weighted by Gasteiger charge is -2.51. The maximum Gasteiger partial charge on any atom is 0.178 e. The molecular weight excluding hydrogens is 338 g/mol. The van der Waals surface area contributed by atoms with Gasteiger partial charge in [-0.25, -0.2) is 0 Å². The highest BCUT2D eigenvalue weighted by Crippen LogP contribution is 2.53. The molecule has 1 aromatic carbocycles. The van der Waals surface area contributed by atoms with Crippen molar-refractivity contribution in [3.8, 4) is 5.75 Å². The van der Waals surface area contributed by atoms with Crippen LogP contribution >= 0.6 is 0 Å². The van der Waals surface area contributed by atoms with Gasteiger partial charge in [0.2, 0.25) is 0 Å². The molecule has 2 fully saturated rings. The predicted octanol–water partition coefficient (Wildman–Crippen LogP) is 3.98. The Kier molecular flexibility index (Phi) is 5.58. The van der Waals surface area contributed by atoms with Gasteiger partial charge in [0, 0.05) is 6.42 Å². The summed E-state index contributed by atoms with van der Waals surface area (Å²) in [6.45, 7) is 7.53. The molecule has 4 rings (SSSR count). The first-order chi connectivity index (χ1) is 13.2. The largest absolute Gasteiger partial charge is 0.497 e. The van der Waals surface area contributed by atoms with Gasteiger partial charge in [0.1, 0.15) is 5.75 Å². The Balaban J connectivity index is 1.65. The highest BCUT2D eigenvalue weighted by atomic mass is 16.7. The molecule has 0 radical (unpaired) electrons. The van der Waals surface area contributed by atoms with Gasteiger partial charge in [-0.15, -0.1) is 6.58 Å². The summed E-state index contributed by atoms with van der Waals surface area (Å²) in [5, 5.41) is 3.71. The third-order valence-corrected chi connectivity index (χ3v) is 6.92. The molecule has 1 aromatic rings. The smallest absolute Gasteiger partial charge is 0.178 e. The molecule has 0 amide bonds. The number of fused-ring (bicyclic) bond motifs is 1. The van der Waals surface area contributed by atoms with Gasteiger partial charge in [-0.2, -0.15) is 0 Å². The van der Waals surface area contributed by atoms with Crippen molar-refractivity contribution >= 4 is 0 Å². The monoisotopic (exact) mass is 371 g/mol. The average Bonchev–Trinajstić information content (AvgIpc) is 3.13. The van der Waals surface area contributed by atoms with Gasteiger partial charge in [0.15, 0.2) is 5.79 Å². The SMILES string of the molecule is C=CCC1(CCNCC2CCC2)c2cc(OC)ccc2CCC12OCCO2. The van der Waals surface area contributed by atoms with Crippen LogP contribution in [0.25, 0.3) is 0 Å². The molecule has 1 heterocycles. The quantitative estimate of drug-likeness (QED) is 0.554. The summed E-state index contributed by atoms with van der Waals surface area (Å²) >= 11 is 0. The molecule has 1 atom stereocenters. The number of nitrogens with one attached hydrogen (secondary N) is 1. The summed E-state index contributed by atoms with van der Waals surface area (Å²) in [4.78, 5) is 0. The van der Waals surface area contributed by atoms with Crippen molar-refractivity contribution in [2.75, 3.05) is 33.4 Å². The predicted molar refractivity (Wildman–Crippen MR) is 107 cm³/mol. The Morgan fingerprint density at radius 3 is 2.78 bits per heavy atom. The van der Waals surface area contributed by atoms with E-state index in [1.165, 1.54) is 30.4 Å². The molecule has 4 nitrogen and oxygen atoms in total. The molecule has 0 aromatic heterocycles. The Morgan fingerprint density at radius 1 is 1.30 bits per heavy atom. The second-order valence-corrected chi connectivity index (χ2v) is 8.30. The molecule has 0 bridgehead atoms. The lowest BCUT2D eigenvalue weighted by atomic mass is 9.62. The molecule has 1 N–H and O–H groups in total. The lowest BCUT2D eigenvalue weighted by Crippen LogP contribution is -2.56. The molecular formula is C23H33NO3. The van der Waals surface area contributed by atoms with Crippen LogP contribution in [0.2, 0.25) is 0 Å². The van der Waals surface area contributed by atoms with Crippen molar-refractivity contribution in [2.24, 2.45) is 5.92 Å². The van der Waals surface area contributed by atoms with Crippen molar-refractivity contribution in [3.63, 3.8) is 0 Å². The zero-order valence-electron chi connectivity index (χ0n) is 16.6. The van der Waals surface area contributed by atoms with Gasteiger partial charge in [-0.05, 0) is 74.4 Å². The van der Waals surface area contributed by atoms with Crippen LogP contribution in [0.3, 0.4) is 0 Å². The van der Waals surface area contributed by atoms with E-state index in [9.17, 15) is 0 Å². The van der Waals surface area contributed by atoms with Crippen molar-refractivity contribution < 1.29 is 14.2 Å². The van der Waals surface area contributed by atoms with Gasteiger partial charge in [0.05, 0.1) is 25.7 Å². The minimum absolute atomic E-state index is 0.222. The average molecular weight is 372 g/mol. The number of rotatable bonds is 8. The summed E-state index contributed by atoms with van der Waals surface area (Å²) in [6, 6.07) is 6.49. The number of benzene rings is 1. The normalized spacial score (nSPS) is 26.6. The zero-order chi connectivity index (χ0) is 18.7. The minimum atomic E-state index is -0.543. The van der Waals surface area contributed by atoms with Crippen molar-refractivity contribution in [2.45, 2.75) is 56.1 Å². The lowest BCUT2D eigenvalue weighted by molar-refractivity contribution is -0.219. The van der Waals surface area contributed by atoms with Crippen LogP contribution in [-0.4, -0.2) is 39.2 Å². The second-order valence-electron chi connectivity index (χ2n) is 8.30. The van der Waals surface area contributed by atoms with Crippen LogP contribution in [0.5, 0.6) is 5.75 Å². The summed E-state index contributed by atoms with van der Waals surface area (Å²) < 4.78 is 18.3. The number of methoxy groups -OCH3 is 1. The van der Waals surface area contributed by atoms with Gasteiger partial charge < -0.3 is 19.5 Å². The molecule has 1 saturated carbocycles. The molecule has 1 saturated heterocycles. The molecule has 4 heteroatoms. The van der Waals surface area contributed by atoms with Crippen LogP contribution in [0.15, 0.2) is 30.9 Å². The third kappa shape index (κ3) is 3.32.